The Morgan fingerprint density at radius 1 is 0.657 bits per heavy atom. The van der Waals surface area contributed by atoms with Gasteiger partial charge in [0.25, 0.3) is 0 Å². The standard InChI is InChI=1S/C29H59NO4S/c1-4-6-8-10-12-14-16-18-20-26(31)24-30(28(29(33)34)22-23-35-3)25-27(32)21-19-17-15-13-11-9-7-5-2/h26-28,31-32H,4-25H2,1-3H3,(H,33,34). The first kappa shape index (κ1) is 34.7. The molecule has 0 aromatic carbocycles. The molecule has 0 fully saturated rings. The predicted molar refractivity (Wildman–Crippen MR) is 152 cm³/mol. The highest BCUT2D eigenvalue weighted by Gasteiger charge is 2.28. The summed E-state index contributed by atoms with van der Waals surface area (Å²) in [6.07, 6.45) is 22.4. The second-order valence-electron chi connectivity index (χ2n) is 10.4. The molecule has 0 rings (SSSR count). The third-order valence-corrected chi connectivity index (χ3v) is 7.64. The van der Waals surface area contributed by atoms with Crippen molar-refractivity contribution >= 4 is 17.7 Å². The summed E-state index contributed by atoms with van der Waals surface area (Å²) < 4.78 is 0. The maximum atomic E-state index is 12.0. The van der Waals surface area contributed by atoms with Gasteiger partial charge in [-0.3, -0.25) is 9.69 Å². The van der Waals surface area contributed by atoms with Crippen LogP contribution in [0.3, 0.4) is 0 Å². The molecule has 0 aliphatic carbocycles. The number of unbranched alkanes of at least 4 members (excludes halogenated alkanes) is 14. The van der Waals surface area contributed by atoms with Gasteiger partial charge in [-0.25, -0.2) is 0 Å². The van der Waals surface area contributed by atoms with Crippen molar-refractivity contribution in [2.24, 2.45) is 0 Å². The number of aliphatic hydroxyl groups is 2. The van der Waals surface area contributed by atoms with Gasteiger partial charge in [-0.05, 0) is 31.3 Å². The first-order valence-electron chi connectivity index (χ1n) is 14.8. The molecule has 6 heteroatoms. The van der Waals surface area contributed by atoms with E-state index in [1.54, 1.807) is 11.8 Å². The van der Waals surface area contributed by atoms with Crippen molar-refractivity contribution < 1.29 is 20.1 Å². The first-order valence-corrected chi connectivity index (χ1v) is 16.2. The average Bonchev–Trinajstić information content (AvgIpc) is 2.82. The summed E-state index contributed by atoms with van der Waals surface area (Å²) in [5.41, 5.74) is 0. The van der Waals surface area contributed by atoms with Gasteiger partial charge in [0, 0.05) is 13.1 Å². The summed E-state index contributed by atoms with van der Waals surface area (Å²) >= 11 is 1.64. The Kier molecular flexibility index (Phi) is 25.1. The van der Waals surface area contributed by atoms with E-state index in [4.69, 9.17) is 0 Å². The molecule has 3 unspecified atom stereocenters. The molecule has 0 bridgehead atoms. The van der Waals surface area contributed by atoms with Crippen LogP contribution in [0.1, 0.15) is 136 Å². The van der Waals surface area contributed by atoms with Crippen LogP contribution in [-0.4, -0.2) is 69.5 Å². The molecule has 0 aromatic rings. The molecule has 5 nitrogen and oxygen atoms in total. The lowest BCUT2D eigenvalue weighted by molar-refractivity contribution is -0.144. The highest BCUT2D eigenvalue weighted by molar-refractivity contribution is 7.98. The topological polar surface area (TPSA) is 81.0 Å². The number of aliphatic carboxylic acids is 1. The van der Waals surface area contributed by atoms with E-state index in [1.165, 1.54) is 77.0 Å². The lowest BCUT2D eigenvalue weighted by Gasteiger charge is -2.32. The number of thioether (sulfide) groups is 1. The van der Waals surface area contributed by atoms with Crippen LogP contribution in [0.15, 0.2) is 0 Å². The number of carboxylic acids is 1. The summed E-state index contributed by atoms with van der Waals surface area (Å²) in [6, 6.07) is -0.649. The van der Waals surface area contributed by atoms with Crippen molar-refractivity contribution in [3.05, 3.63) is 0 Å². The molecular formula is C29H59NO4S. The van der Waals surface area contributed by atoms with Gasteiger partial charge in [0.2, 0.25) is 0 Å². The summed E-state index contributed by atoms with van der Waals surface area (Å²) in [6.45, 7) is 5.12. The maximum absolute atomic E-state index is 12.0. The second kappa shape index (κ2) is 25.4. The summed E-state index contributed by atoms with van der Waals surface area (Å²) in [5, 5.41) is 31.2. The third-order valence-electron chi connectivity index (χ3n) is 6.99. The molecule has 0 aromatic heterocycles. The van der Waals surface area contributed by atoms with Gasteiger partial charge >= 0.3 is 5.97 Å². The van der Waals surface area contributed by atoms with E-state index < -0.39 is 24.2 Å². The van der Waals surface area contributed by atoms with Crippen LogP contribution in [0.5, 0.6) is 0 Å². The number of nitrogens with zero attached hydrogens (tertiary/aromatic N) is 1. The van der Waals surface area contributed by atoms with Crippen LogP contribution in [0.25, 0.3) is 0 Å². The number of hydrogen-bond acceptors (Lipinski definition) is 5. The summed E-state index contributed by atoms with van der Waals surface area (Å²) in [7, 11) is 0. The quantitative estimate of drug-likeness (QED) is 0.0994. The van der Waals surface area contributed by atoms with E-state index in [-0.39, 0.29) is 0 Å². The van der Waals surface area contributed by atoms with Gasteiger partial charge in [0.05, 0.1) is 12.2 Å². The fraction of sp³-hybridized carbons (Fsp3) is 0.966. The zero-order valence-electron chi connectivity index (χ0n) is 23.4. The normalized spacial score (nSPS) is 14.3. The van der Waals surface area contributed by atoms with Crippen molar-refractivity contribution in [2.45, 2.75) is 154 Å². The van der Waals surface area contributed by atoms with E-state index in [0.717, 1.165) is 31.4 Å². The van der Waals surface area contributed by atoms with Crippen LogP contribution in [-0.2, 0) is 4.79 Å². The fourth-order valence-corrected chi connectivity index (χ4v) is 5.23. The zero-order chi connectivity index (χ0) is 26.2. The van der Waals surface area contributed by atoms with Crippen LogP contribution in [0.4, 0.5) is 0 Å². The van der Waals surface area contributed by atoms with Gasteiger partial charge in [0.15, 0.2) is 0 Å². The molecule has 3 N–H and O–H groups in total. The van der Waals surface area contributed by atoms with Crippen LogP contribution in [0.2, 0.25) is 0 Å². The van der Waals surface area contributed by atoms with Gasteiger partial charge < -0.3 is 15.3 Å². The Labute approximate surface area is 221 Å². The molecule has 0 aliphatic heterocycles. The fourth-order valence-electron chi connectivity index (χ4n) is 4.77. The maximum Gasteiger partial charge on any atom is 0.320 e. The van der Waals surface area contributed by atoms with Crippen molar-refractivity contribution in [2.75, 3.05) is 25.1 Å². The molecule has 0 saturated carbocycles. The molecule has 0 aliphatic rings. The van der Waals surface area contributed by atoms with Crippen molar-refractivity contribution in [1.29, 1.82) is 0 Å². The molecule has 0 spiro atoms. The van der Waals surface area contributed by atoms with Crippen LogP contribution >= 0.6 is 11.8 Å². The van der Waals surface area contributed by atoms with Crippen LogP contribution < -0.4 is 0 Å². The predicted octanol–water partition coefficient (Wildman–Crippen LogP) is 7.28. The molecule has 0 saturated heterocycles. The molecule has 0 heterocycles. The lowest BCUT2D eigenvalue weighted by atomic mass is 10.0. The largest absolute Gasteiger partial charge is 0.480 e. The zero-order valence-corrected chi connectivity index (χ0v) is 24.2. The molecule has 0 radical (unpaired) electrons. The Hall–Kier alpha value is -0.300. The minimum atomic E-state index is -0.849. The number of aliphatic hydroxyl groups excluding tert-OH is 2. The summed E-state index contributed by atoms with van der Waals surface area (Å²) in [5.74, 6) is -0.0898. The van der Waals surface area contributed by atoms with Crippen molar-refractivity contribution in [1.82, 2.24) is 4.90 Å². The number of carboxylic acid groups (broad SMARTS) is 1. The van der Waals surface area contributed by atoms with E-state index in [0.29, 0.717) is 32.4 Å². The molecule has 0 amide bonds. The van der Waals surface area contributed by atoms with Crippen molar-refractivity contribution in [3.63, 3.8) is 0 Å². The Morgan fingerprint density at radius 2 is 1.03 bits per heavy atom. The smallest absolute Gasteiger partial charge is 0.320 e. The van der Waals surface area contributed by atoms with Gasteiger partial charge in [0.1, 0.15) is 6.04 Å². The van der Waals surface area contributed by atoms with E-state index in [1.807, 2.05) is 11.2 Å². The van der Waals surface area contributed by atoms with Gasteiger partial charge in [-0.1, -0.05) is 117 Å². The third kappa shape index (κ3) is 21.5. The number of rotatable bonds is 27. The number of carbonyl (C=O) groups is 1. The first-order chi connectivity index (χ1) is 17.0. The minimum absolute atomic E-state index is 0.330. The highest BCUT2D eigenvalue weighted by Crippen LogP contribution is 2.17. The molecule has 3 atom stereocenters. The van der Waals surface area contributed by atoms with E-state index in [9.17, 15) is 20.1 Å². The minimum Gasteiger partial charge on any atom is -0.480 e. The SMILES string of the molecule is CCCCCCCCCCC(O)CN(CC(O)CCCCCCCCCC)C(CCSC)C(=O)O. The van der Waals surface area contributed by atoms with Crippen LogP contribution in [0, 0.1) is 0 Å². The lowest BCUT2D eigenvalue weighted by Crippen LogP contribution is -2.48. The Balaban J connectivity index is 4.48. The van der Waals surface area contributed by atoms with Gasteiger partial charge in [-0.15, -0.1) is 0 Å². The molecule has 35 heavy (non-hydrogen) atoms. The Morgan fingerprint density at radius 3 is 1.37 bits per heavy atom. The second-order valence-corrected chi connectivity index (χ2v) is 11.4. The van der Waals surface area contributed by atoms with Gasteiger partial charge in [-0.2, -0.15) is 11.8 Å². The highest BCUT2D eigenvalue weighted by atomic mass is 32.2. The molecule has 210 valence electrons. The number of hydrogen-bond donors (Lipinski definition) is 3. The molecular weight excluding hydrogens is 458 g/mol. The average molecular weight is 518 g/mol. The van der Waals surface area contributed by atoms with E-state index in [2.05, 4.69) is 13.8 Å². The Bertz CT molecular complexity index is 438. The summed E-state index contributed by atoms with van der Waals surface area (Å²) in [4.78, 5) is 13.8. The monoisotopic (exact) mass is 517 g/mol. The van der Waals surface area contributed by atoms with E-state index >= 15 is 0 Å². The van der Waals surface area contributed by atoms with Crippen molar-refractivity contribution in [3.8, 4) is 0 Å².